The van der Waals surface area contributed by atoms with Gasteiger partial charge in [-0.05, 0) is 12.5 Å². The molecule has 0 unspecified atom stereocenters. The second kappa shape index (κ2) is 6.10. The molecule has 0 aliphatic heterocycles. The topological polar surface area (TPSA) is 104 Å². The molecule has 0 amide bonds. The third-order valence-corrected chi connectivity index (χ3v) is 5.94. The van der Waals surface area contributed by atoms with Crippen LogP contribution in [0.15, 0.2) is 29.2 Å². The average Bonchev–Trinajstić information content (AvgIpc) is 2.85. The Morgan fingerprint density at radius 3 is 2.62 bits per heavy atom. The lowest BCUT2D eigenvalue weighted by molar-refractivity contribution is 0.0698. The molecule has 1 aromatic carbocycles. The number of aliphatic hydroxyl groups is 1. The van der Waals surface area contributed by atoms with Gasteiger partial charge in [-0.3, -0.25) is 0 Å². The van der Waals surface area contributed by atoms with Gasteiger partial charge in [0.1, 0.15) is 9.77 Å². The fourth-order valence-electron chi connectivity index (χ4n) is 1.96. The minimum atomic E-state index is -4.02. The molecule has 114 valence electrons. The van der Waals surface area contributed by atoms with Gasteiger partial charge in [-0.15, -0.1) is 11.3 Å². The van der Waals surface area contributed by atoms with Crippen LogP contribution in [0, 0.1) is 0 Å². The van der Waals surface area contributed by atoms with Crippen LogP contribution in [0.3, 0.4) is 0 Å². The van der Waals surface area contributed by atoms with E-state index in [-0.39, 0.29) is 16.4 Å². The fourth-order valence-corrected chi connectivity index (χ4v) is 5.01. The number of rotatable bonds is 6. The van der Waals surface area contributed by atoms with Crippen molar-refractivity contribution in [1.82, 2.24) is 4.72 Å². The van der Waals surface area contributed by atoms with Gasteiger partial charge in [0, 0.05) is 16.1 Å². The zero-order chi connectivity index (χ0) is 15.6. The van der Waals surface area contributed by atoms with Crippen molar-refractivity contribution in [3.8, 4) is 0 Å². The first-order valence-electron chi connectivity index (χ1n) is 6.28. The summed E-state index contributed by atoms with van der Waals surface area (Å²) in [6.07, 6.45) is 0.403. The van der Waals surface area contributed by atoms with Crippen LogP contribution in [0.25, 0.3) is 10.1 Å². The van der Waals surface area contributed by atoms with Crippen molar-refractivity contribution in [2.75, 3.05) is 6.61 Å². The summed E-state index contributed by atoms with van der Waals surface area (Å²) in [5.74, 6) is -1.28. The number of sulfonamides is 1. The Hall–Kier alpha value is -1.48. The van der Waals surface area contributed by atoms with E-state index >= 15 is 0 Å². The van der Waals surface area contributed by atoms with Crippen LogP contribution in [-0.4, -0.2) is 37.2 Å². The molecule has 0 aliphatic rings. The van der Waals surface area contributed by atoms with Gasteiger partial charge in [0.05, 0.1) is 6.61 Å². The van der Waals surface area contributed by atoms with Crippen molar-refractivity contribution < 1.29 is 23.4 Å². The standard InChI is InChI=1S/C13H15NO5S2/c1-2-8(7-15)14-21(18,19)12-9-5-3-4-6-10(9)20-11(12)13(16)17/h3-6,8,14-15H,2,7H2,1H3,(H,16,17)/t8-/m0/s1. The van der Waals surface area contributed by atoms with Crippen molar-refractivity contribution in [2.24, 2.45) is 0 Å². The van der Waals surface area contributed by atoms with Crippen LogP contribution in [0.5, 0.6) is 0 Å². The molecule has 0 saturated heterocycles. The molecule has 6 nitrogen and oxygen atoms in total. The van der Waals surface area contributed by atoms with Crippen LogP contribution < -0.4 is 4.72 Å². The molecule has 1 heterocycles. The molecule has 21 heavy (non-hydrogen) atoms. The number of aliphatic hydroxyl groups excluding tert-OH is 1. The maximum atomic E-state index is 12.5. The van der Waals surface area contributed by atoms with Crippen LogP contribution in [0.2, 0.25) is 0 Å². The van der Waals surface area contributed by atoms with Gasteiger partial charge in [-0.25, -0.2) is 17.9 Å². The summed E-state index contributed by atoms with van der Waals surface area (Å²) < 4.78 is 27.9. The van der Waals surface area contributed by atoms with E-state index in [1.807, 2.05) is 0 Å². The number of thiophene rings is 1. The van der Waals surface area contributed by atoms with Gasteiger partial charge in [-0.2, -0.15) is 0 Å². The first-order chi connectivity index (χ1) is 9.90. The Kier molecular flexibility index (Phi) is 4.62. The molecular formula is C13H15NO5S2. The molecule has 0 aliphatic carbocycles. The SMILES string of the molecule is CC[C@@H](CO)NS(=O)(=O)c1c(C(=O)O)sc2ccccc12. The largest absolute Gasteiger partial charge is 0.477 e. The summed E-state index contributed by atoms with van der Waals surface area (Å²) in [5, 5.41) is 18.8. The van der Waals surface area contributed by atoms with Gasteiger partial charge in [0.15, 0.2) is 0 Å². The number of hydrogen-bond acceptors (Lipinski definition) is 5. The fraction of sp³-hybridized carbons (Fsp3) is 0.308. The van der Waals surface area contributed by atoms with E-state index in [1.165, 1.54) is 0 Å². The summed E-state index contributed by atoms with van der Waals surface area (Å²) in [7, 11) is -4.02. The Bertz CT molecular complexity index is 762. The smallest absolute Gasteiger partial charge is 0.347 e. The zero-order valence-electron chi connectivity index (χ0n) is 11.2. The summed E-state index contributed by atoms with van der Waals surface area (Å²) >= 11 is 0.920. The maximum Gasteiger partial charge on any atom is 0.347 e. The number of carbonyl (C=O) groups is 1. The molecule has 1 atom stereocenters. The van der Waals surface area contributed by atoms with E-state index in [4.69, 9.17) is 5.11 Å². The van der Waals surface area contributed by atoms with Gasteiger partial charge in [-0.1, -0.05) is 25.1 Å². The first kappa shape index (κ1) is 15.9. The van der Waals surface area contributed by atoms with E-state index in [0.717, 1.165) is 11.3 Å². The van der Waals surface area contributed by atoms with Gasteiger partial charge >= 0.3 is 5.97 Å². The molecule has 0 bridgehead atoms. The van der Waals surface area contributed by atoms with E-state index in [9.17, 15) is 18.3 Å². The molecule has 0 spiro atoms. The molecule has 0 fully saturated rings. The maximum absolute atomic E-state index is 12.5. The monoisotopic (exact) mass is 329 g/mol. The van der Waals surface area contributed by atoms with Crippen molar-refractivity contribution >= 4 is 37.4 Å². The molecule has 0 radical (unpaired) electrons. The lowest BCUT2D eigenvalue weighted by Crippen LogP contribution is -2.37. The number of aromatic carboxylic acids is 1. The van der Waals surface area contributed by atoms with Crippen LogP contribution in [0.4, 0.5) is 0 Å². The minimum absolute atomic E-state index is 0.225. The Morgan fingerprint density at radius 2 is 2.05 bits per heavy atom. The predicted molar refractivity (Wildman–Crippen MR) is 80.3 cm³/mol. The lowest BCUT2D eigenvalue weighted by Gasteiger charge is -2.14. The number of nitrogens with one attached hydrogen (secondary N) is 1. The van der Waals surface area contributed by atoms with Gasteiger partial charge < -0.3 is 10.2 Å². The van der Waals surface area contributed by atoms with Crippen molar-refractivity contribution in [3.05, 3.63) is 29.1 Å². The van der Waals surface area contributed by atoms with Crippen molar-refractivity contribution in [2.45, 2.75) is 24.3 Å². The normalized spacial score (nSPS) is 13.4. The average molecular weight is 329 g/mol. The molecule has 2 rings (SSSR count). The predicted octanol–water partition coefficient (Wildman–Crippen LogP) is 1.65. The van der Waals surface area contributed by atoms with Crippen LogP contribution >= 0.6 is 11.3 Å². The van der Waals surface area contributed by atoms with E-state index in [0.29, 0.717) is 16.5 Å². The van der Waals surface area contributed by atoms with Crippen LogP contribution in [0.1, 0.15) is 23.0 Å². The number of fused-ring (bicyclic) bond motifs is 1. The molecule has 3 N–H and O–H groups in total. The summed E-state index contributed by atoms with van der Waals surface area (Å²) in [6, 6.07) is 5.98. The highest BCUT2D eigenvalue weighted by Gasteiger charge is 2.29. The van der Waals surface area contributed by atoms with Gasteiger partial charge in [0.25, 0.3) is 0 Å². The second-order valence-corrected chi connectivity index (χ2v) is 7.17. The van der Waals surface area contributed by atoms with E-state index in [2.05, 4.69) is 4.72 Å². The minimum Gasteiger partial charge on any atom is -0.477 e. The summed E-state index contributed by atoms with van der Waals surface area (Å²) in [5.41, 5.74) is 0. The zero-order valence-corrected chi connectivity index (χ0v) is 12.9. The number of hydrogen-bond donors (Lipinski definition) is 3. The third-order valence-electron chi connectivity index (χ3n) is 3.05. The Balaban J connectivity index is 2.63. The van der Waals surface area contributed by atoms with E-state index in [1.54, 1.807) is 31.2 Å². The molecule has 1 aromatic heterocycles. The Morgan fingerprint density at radius 1 is 1.38 bits per heavy atom. The molecule has 8 heteroatoms. The van der Waals surface area contributed by atoms with Crippen molar-refractivity contribution in [3.63, 3.8) is 0 Å². The highest BCUT2D eigenvalue weighted by Crippen LogP contribution is 2.34. The quantitative estimate of drug-likeness (QED) is 0.747. The number of carboxylic acids is 1. The third kappa shape index (κ3) is 3.08. The van der Waals surface area contributed by atoms with Crippen LogP contribution in [-0.2, 0) is 10.0 Å². The molecular weight excluding hydrogens is 314 g/mol. The highest BCUT2D eigenvalue weighted by atomic mass is 32.2. The number of benzene rings is 1. The highest BCUT2D eigenvalue weighted by molar-refractivity contribution is 7.90. The summed E-state index contributed by atoms with van der Waals surface area (Å²) in [4.78, 5) is 10.9. The molecule has 0 saturated carbocycles. The summed E-state index contributed by atoms with van der Waals surface area (Å²) in [6.45, 7) is 1.38. The number of carboxylic acid groups (broad SMARTS) is 1. The second-order valence-electron chi connectivity index (χ2n) is 4.47. The lowest BCUT2D eigenvalue weighted by atomic mass is 10.2. The van der Waals surface area contributed by atoms with E-state index < -0.39 is 22.0 Å². The van der Waals surface area contributed by atoms with Gasteiger partial charge in [0.2, 0.25) is 10.0 Å². The Labute approximate surface area is 126 Å². The first-order valence-corrected chi connectivity index (χ1v) is 8.58. The van der Waals surface area contributed by atoms with Crippen molar-refractivity contribution in [1.29, 1.82) is 0 Å². The molecule has 2 aromatic rings.